The average molecular weight is 377 g/mol. The molecule has 1 saturated heterocycles. The van der Waals surface area contributed by atoms with Crippen molar-refractivity contribution in [1.29, 1.82) is 0 Å². The van der Waals surface area contributed by atoms with Crippen LogP contribution in [0.25, 0.3) is 0 Å². The molecule has 2 unspecified atom stereocenters. The van der Waals surface area contributed by atoms with Crippen LogP contribution in [0.4, 0.5) is 5.69 Å². The Balaban J connectivity index is 0.00000220. The Morgan fingerprint density at radius 2 is 2.10 bits per heavy atom. The normalized spacial score (nSPS) is 23.4. The number of nitrogens with zero attached hydrogens (tertiary/aromatic N) is 1. The number of halogens is 2. The molecule has 21 heavy (non-hydrogen) atoms. The van der Waals surface area contributed by atoms with Gasteiger partial charge >= 0.3 is 0 Å². The van der Waals surface area contributed by atoms with Gasteiger partial charge in [0.15, 0.2) is 0 Å². The first-order chi connectivity index (χ1) is 9.43. The van der Waals surface area contributed by atoms with Crippen molar-refractivity contribution in [2.45, 2.75) is 26.3 Å². The van der Waals surface area contributed by atoms with E-state index in [9.17, 15) is 4.79 Å². The van der Waals surface area contributed by atoms with Crippen LogP contribution < -0.4 is 11.1 Å². The van der Waals surface area contributed by atoms with Gasteiger partial charge in [0.1, 0.15) is 0 Å². The second-order valence-corrected chi connectivity index (χ2v) is 6.82. The van der Waals surface area contributed by atoms with Crippen molar-refractivity contribution in [2.24, 2.45) is 11.1 Å². The van der Waals surface area contributed by atoms with Crippen LogP contribution >= 0.6 is 28.3 Å². The van der Waals surface area contributed by atoms with Gasteiger partial charge in [-0.2, -0.15) is 0 Å². The molecule has 0 bridgehead atoms. The third-order valence-corrected chi connectivity index (χ3v) is 4.65. The summed E-state index contributed by atoms with van der Waals surface area (Å²) in [7, 11) is 0. The second kappa shape index (κ2) is 7.58. The number of amides is 1. The quantitative estimate of drug-likeness (QED) is 0.849. The number of hydrogen-bond acceptors (Lipinski definition) is 3. The minimum atomic E-state index is -0.132. The summed E-state index contributed by atoms with van der Waals surface area (Å²) in [5.74, 6) is 0.0357. The van der Waals surface area contributed by atoms with E-state index in [4.69, 9.17) is 5.73 Å². The van der Waals surface area contributed by atoms with Gasteiger partial charge in [-0.05, 0) is 56.1 Å². The highest BCUT2D eigenvalue weighted by Gasteiger charge is 2.36. The predicted molar refractivity (Wildman–Crippen MR) is 92.8 cm³/mol. The lowest BCUT2D eigenvalue weighted by Crippen LogP contribution is -2.42. The van der Waals surface area contributed by atoms with Gasteiger partial charge in [0.25, 0.3) is 0 Å². The molecule has 0 radical (unpaired) electrons. The fourth-order valence-electron chi connectivity index (χ4n) is 2.50. The summed E-state index contributed by atoms with van der Waals surface area (Å²) < 4.78 is 1.00. The number of anilines is 1. The summed E-state index contributed by atoms with van der Waals surface area (Å²) in [5.41, 5.74) is 6.78. The maximum atomic E-state index is 12.3. The minimum Gasteiger partial charge on any atom is -0.330 e. The van der Waals surface area contributed by atoms with E-state index in [1.54, 1.807) is 0 Å². The molecule has 1 aliphatic heterocycles. The Morgan fingerprint density at radius 3 is 2.62 bits per heavy atom. The molecule has 118 valence electrons. The van der Waals surface area contributed by atoms with Crippen LogP contribution in [0.3, 0.4) is 0 Å². The van der Waals surface area contributed by atoms with Crippen LogP contribution in [0.5, 0.6) is 0 Å². The molecule has 1 aromatic carbocycles. The van der Waals surface area contributed by atoms with Crippen LogP contribution in [0.15, 0.2) is 28.7 Å². The summed E-state index contributed by atoms with van der Waals surface area (Å²) in [5, 5.41) is 2.96. The van der Waals surface area contributed by atoms with E-state index in [0.717, 1.165) is 29.7 Å². The summed E-state index contributed by atoms with van der Waals surface area (Å²) in [6, 6.07) is 7.49. The molecule has 1 fully saturated rings. The van der Waals surface area contributed by atoms with Gasteiger partial charge in [0.2, 0.25) is 5.91 Å². The molecule has 0 saturated carbocycles. The number of carbonyl (C=O) groups is 1. The number of carbonyl (C=O) groups excluding carboxylic acids is 1. The lowest BCUT2D eigenvalue weighted by Gasteiger charge is -2.26. The fraction of sp³-hybridized carbons (Fsp3) is 0.533. The van der Waals surface area contributed by atoms with Crippen molar-refractivity contribution >= 4 is 39.9 Å². The standard InChI is InChI=1S/C15H22BrN3O.ClH/c1-11(19-8-7-15(2,9-17)10-19)14(20)18-13-5-3-12(16)4-6-13;/h3-6,11H,7-10,17H2,1-2H3,(H,18,20);1H. The number of hydrogen-bond donors (Lipinski definition) is 2. The fourth-order valence-corrected chi connectivity index (χ4v) is 2.77. The van der Waals surface area contributed by atoms with Crippen LogP contribution in [0, 0.1) is 5.41 Å². The van der Waals surface area contributed by atoms with Crippen LogP contribution in [-0.4, -0.2) is 36.5 Å². The van der Waals surface area contributed by atoms with Crippen LogP contribution in [0.2, 0.25) is 0 Å². The van der Waals surface area contributed by atoms with Crippen LogP contribution in [0.1, 0.15) is 20.3 Å². The monoisotopic (exact) mass is 375 g/mol. The van der Waals surface area contributed by atoms with Crippen molar-refractivity contribution < 1.29 is 4.79 Å². The molecule has 6 heteroatoms. The maximum Gasteiger partial charge on any atom is 0.241 e. The highest BCUT2D eigenvalue weighted by Crippen LogP contribution is 2.30. The number of nitrogens with two attached hydrogens (primary N) is 1. The molecule has 2 rings (SSSR count). The first-order valence-electron chi connectivity index (χ1n) is 6.94. The number of benzene rings is 1. The molecular weight excluding hydrogens is 354 g/mol. The molecule has 4 nitrogen and oxygen atoms in total. The predicted octanol–water partition coefficient (Wildman–Crippen LogP) is 2.87. The van der Waals surface area contributed by atoms with E-state index < -0.39 is 0 Å². The minimum absolute atomic E-state index is 0. The van der Waals surface area contributed by atoms with E-state index in [1.807, 2.05) is 31.2 Å². The Labute approximate surface area is 141 Å². The maximum absolute atomic E-state index is 12.3. The molecule has 2 atom stereocenters. The van der Waals surface area contributed by atoms with E-state index >= 15 is 0 Å². The van der Waals surface area contributed by atoms with Crippen molar-refractivity contribution in [3.8, 4) is 0 Å². The van der Waals surface area contributed by atoms with Gasteiger partial charge in [-0.1, -0.05) is 22.9 Å². The Morgan fingerprint density at radius 1 is 1.48 bits per heavy atom. The van der Waals surface area contributed by atoms with E-state index in [2.05, 4.69) is 33.1 Å². The van der Waals surface area contributed by atoms with E-state index in [0.29, 0.717) is 6.54 Å². The Kier molecular flexibility index (Phi) is 6.66. The zero-order valence-electron chi connectivity index (χ0n) is 12.4. The zero-order chi connectivity index (χ0) is 14.8. The smallest absolute Gasteiger partial charge is 0.241 e. The lowest BCUT2D eigenvalue weighted by atomic mass is 9.90. The van der Waals surface area contributed by atoms with Gasteiger partial charge in [0, 0.05) is 16.7 Å². The van der Waals surface area contributed by atoms with Gasteiger partial charge in [-0.25, -0.2) is 0 Å². The highest BCUT2D eigenvalue weighted by atomic mass is 79.9. The van der Waals surface area contributed by atoms with E-state index in [1.165, 1.54) is 0 Å². The zero-order valence-corrected chi connectivity index (χ0v) is 14.8. The third kappa shape index (κ3) is 4.68. The Bertz CT molecular complexity index is 482. The van der Waals surface area contributed by atoms with Gasteiger partial charge < -0.3 is 11.1 Å². The lowest BCUT2D eigenvalue weighted by molar-refractivity contribution is -0.120. The topological polar surface area (TPSA) is 58.4 Å². The average Bonchev–Trinajstić information content (AvgIpc) is 2.84. The van der Waals surface area contributed by atoms with Gasteiger partial charge in [-0.15, -0.1) is 12.4 Å². The van der Waals surface area contributed by atoms with Gasteiger partial charge in [-0.3, -0.25) is 9.69 Å². The number of nitrogens with one attached hydrogen (secondary N) is 1. The number of likely N-dealkylation sites (tertiary alicyclic amines) is 1. The van der Waals surface area contributed by atoms with Crippen LogP contribution in [-0.2, 0) is 4.79 Å². The first-order valence-corrected chi connectivity index (χ1v) is 7.73. The second-order valence-electron chi connectivity index (χ2n) is 5.91. The molecule has 0 aromatic heterocycles. The molecule has 1 heterocycles. The molecule has 1 aliphatic rings. The molecular formula is C15H23BrClN3O. The number of rotatable bonds is 4. The molecule has 3 N–H and O–H groups in total. The molecule has 1 aromatic rings. The summed E-state index contributed by atoms with van der Waals surface area (Å²) in [6.45, 7) is 6.63. The first kappa shape index (κ1) is 18.4. The summed E-state index contributed by atoms with van der Waals surface area (Å²) >= 11 is 3.38. The van der Waals surface area contributed by atoms with Crippen molar-refractivity contribution in [3.05, 3.63) is 28.7 Å². The third-order valence-electron chi connectivity index (χ3n) is 4.12. The molecule has 1 amide bonds. The van der Waals surface area contributed by atoms with Crippen molar-refractivity contribution in [2.75, 3.05) is 25.0 Å². The van der Waals surface area contributed by atoms with Crippen molar-refractivity contribution in [1.82, 2.24) is 4.90 Å². The van der Waals surface area contributed by atoms with Gasteiger partial charge in [0.05, 0.1) is 6.04 Å². The van der Waals surface area contributed by atoms with E-state index in [-0.39, 0.29) is 29.8 Å². The summed E-state index contributed by atoms with van der Waals surface area (Å²) in [4.78, 5) is 14.5. The molecule has 0 spiro atoms. The molecule has 0 aliphatic carbocycles. The Hall–Kier alpha value is -0.620. The summed E-state index contributed by atoms with van der Waals surface area (Å²) in [6.07, 6.45) is 1.05. The highest BCUT2D eigenvalue weighted by molar-refractivity contribution is 9.10. The SMILES string of the molecule is CC(C(=O)Nc1ccc(Br)cc1)N1CCC(C)(CN)C1.Cl. The van der Waals surface area contributed by atoms with Crippen molar-refractivity contribution in [3.63, 3.8) is 0 Å². The largest absolute Gasteiger partial charge is 0.330 e.